The van der Waals surface area contributed by atoms with Crippen molar-refractivity contribution in [2.75, 3.05) is 5.73 Å². The van der Waals surface area contributed by atoms with Gasteiger partial charge in [-0.3, -0.25) is 0 Å². The zero-order valence-corrected chi connectivity index (χ0v) is 10.8. The van der Waals surface area contributed by atoms with Crippen LogP contribution in [0.3, 0.4) is 0 Å². The molecule has 1 nitrogen and oxygen atoms in total. The Morgan fingerprint density at radius 3 is 2.37 bits per heavy atom. The number of hydrogen-bond acceptors (Lipinski definition) is 1. The van der Waals surface area contributed by atoms with E-state index in [-0.39, 0.29) is 5.69 Å². The Morgan fingerprint density at radius 1 is 0.895 bits per heavy atom. The first-order valence-electron chi connectivity index (χ1n) is 5.89. The minimum Gasteiger partial charge on any atom is -0.396 e. The molecule has 2 N–H and O–H groups in total. The average Bonchev–Trinajstić information content (AvgIpc) is 2.43. The molecule has 0 heterocycles. The van der Waals surface area contributed by atoms with Crippen molar-refractivity contribution in [3.63, 3.8) is 0 Å². The first-order valence-corrected chi connectivity index (χ1v) is 6.27. The van der Waals surface area contributed by atoms with Crippen LogP contribution in [-0.4, -0.2) is 0 Å². The first kappa shape index (κ1) is 12.0. The fourth-order valence-corrected chi connectivity index (χ4v) is 2.44. The van der Waals surface area contributed by atoms with Crippen molar-refractivity contribution >= 4 is 28.1 Å². The predicted molar refractivity (Wildman–Crippen MR) is 78.8 cm³/mol. The van der Waals surface area contributed by atoms with Crippen LogP contribution in [0.2, 0.25) is 5.02 Å². The molecule has 0 unspecified atom stereocenters. The summed E-state index contributed by atoms with van der Waals surface area (Å²) in [6, 6.07) is 16.4. The van der Waals surface area contributed by atoms with Crippen LogP contribution in [0.5, 0.6) is 0 Å². The lowest BCUT2D eigenvalue weighted by Gasteiger charge is -2.09. The normalized spacial score (nSPS) is 10.8. The minimum absolute atomic E-state index is 0.155. The van der Waals surface area contributed by atoms with Crippen LogP contribution in [0.25, 0.3) is 21.9 Å². The average molecular weight is 272 g/mol. The van der Waals surface area contributed by atoms with Gasteiger partial charge in [0.2, 0.25) is 0 Å². The first-order chi connectivity index (χ1) is 9.16. The van der Waals surface area contributed by atoms with Crippen molar-refractivity contribution in [1.29, 1.82) is 0 Å². The molecular formula is C16H11ClFN. The van der Waals surface area contributed by atoms with E-state index in [9.17, 15) is 4.39 Å². The van der Waals surface area contributed by atoms with Gasteiger partial charge in [0.1, 0.15) is 5.82 Å². The highest BCUT2D eigenvalue weighted by molar-refractivity contribution is 6.36. The summed E-state index contributed by atoms with van der Waals surface area (Å²) in [5.41, 5.74) is 7.40. The molecule has 3 aromatic carbocycles. The second-order valence-corrected chi connectivity index (χ2v) is 4.78. The lowest BCUT2D eigenvalue weighted by molar-refractivity contribution is 0.633. The van der Waals surface area contributed by atoms with E-state index in [1.807, 2.05) is 42.5 Å². The van der Waals surface area contributed by atoms with Gasteiger partial charge in [-0.25, -0.2) is 4.39 Å². The fourth-order valence-electron chi connectivity index (χ4n) is 2.21. The van der Waals surface area contributed by atoms with Crippen molar-refractivity contribution in [2.45, 2.75) is 0 Å². The maximum atomic E-state index is 13.6. The summed E-state index contributed by atoms with van der Waals surface area (Å²) in [5, 5.41) is 2.65. The van der Waals surface area contributed by atoms with Gasteiger partial charge in [0.25, 0.3) is 0 Å². The molecule has 0 saturated carbocycles. The monoisotopic (exact) mass is 271 g/mol. The van der Waals surface area contributed by atoms with E-state index in [1.165, 1.54) is 6.07 Å². The Labute approximate surface area is 115 Å². The van der Waals surface area contributed by atoms with Crippen molar-refractivity contribution in [2.24, 2.45) is 0 Å². The number of fused-ring (bicyclic) bond motifs is 1. The van der Waals surface area contributed by atoms with Crippen LogP contribution in [0.4, 0.5) is 10.1 Å². The number of anilines is 1. The molecule has 0 atom stereocenters. The largest absolute Gasteiger partial charge is 0.396 e. The third-order valence-corrected chi connectivity index (χ3v) is 3.51. The van der Waals surface area contributed by atoms with Gasteiger partial charge in [0.15, 0.2) is 0 Å². The zero-order valence-electron chi connectivity index (χ0n) is 10.0. The number of hydrogen-bond donors (Lipinski definition) is 1. The lowest BCUT2D eigenvalue weighted by Crippen LogP contribution is -1.91. The topological polar surface area (TPSA) is 26.0 Å². The molecule has 3 rings (SSSR count). The molecule has 0 aliphatic rings. The zero-order chi connectivity index (χ0) is 13.4. The van der Waals surface area contributed by atoms with E-state index >= 15 is 0 Å². The number of nitrogen functional groups attached to an aromatic ring is 1. The van der Waals surface area contributed by atoms with Gasteiger partial charge < -0.3 is 5.73 Å². The van der Waals surface area contributed by atoms with Crippen LogP contribution in [0.15, 0.2) is 54.6 Å². The van der Waals surface area contributed by atoms with Gasteiger partial charge in [-0.1, -0.05) is 48.0 Å². The van der Waals surface area contributed by atoms with E-state index in [0.717, 1.165) is 21.9 Å². The van der Waals surface area contributed by atoms with Crippen molar-refractivity contribution in [1.82, 2.24) is 0 Å². The summed E-state index contributed by atoms with van der Waals surface area (Å²) >= 11 is 6.18. The summed E-state index contributed by atoms with van der Waals surface area (Å²) in [4.78, 5) is 0. The molecule has 0 fully saturated rings. The summed E-state index contributed by atoms with van der Waals surface area (Å²) in [7, 11) is 0. The molecule has 0 aliphatic heterocycles. The molecule has 3 heteroatoms. The van der Waals surface area contributed by atoms with Gasteiger partial charge in [-0.15, -0.1) is 0 Å². The molecular weight excluding hydrogens is 261 g/mol. The Bertz CT molecular complexity index is 768. The quantitative estimate of drug-likeness (QED) is 0.627. The van der Waals surface area contributed by atoms with E-state index in [1.54, 1.807) is 6.07 Å². The molecule has 0 aromatic heterocycles. The summed E-state index contributed by atoms with van der Waals surface area (Å²) in [6.45, 7) is 0. The van der Waals surface area contributed by atoms with Gasteiger partial charge in [-0.05, 0) is 34.7 Å². The van der Waals surface area contributed by atoms with Crippen LogP contribution >= 0.6 is 11.6 Å². The Balaban J connectivity index is 2.31. The summed E-state index contributed by atoms with van der Waals surface area (Å²) < 4.78 is 13.6. The molecule has 0 saturated heterocycles. The van der Waals surface area contributed by atoms with Crippen LogP contribution < -0.4 is 5.73 Å². The van der Waals surface area contributed by atoms with Gasteiger partial charge in [0, 0.05) is 10.4 Å². The highest BCUT2D eigenvalue weighted by Gasteiger charge is 2.08. The van der Waals surface area contributed by atoms with Gasteiger partial charge in [0.05, 0.1) is 5.69 Å². The van der Waals surface area contributed by atoms with E-state index < -0.39 is 5.82 Å². The molecule has 94 valence electrons. The Kier molecular flexibility index (Phi) is 2.88. The third-order valence-electron chi connectivity index (χ3n) is 3.18. The minimum atomic E-state index is -0.406. The number of benzene rings is 3. The maximum Gasteiger partial charge on any atom is 0.146 e. The van der Waals surface area contributed by atoms with Crippen LogP contribution in [-0.2, 0) is 0 Å². The van der Waals surface area contributed by atoms with Crippen molar-refractivity contribution in [3.8, 4) is 11.1 Å². The van der Waals surface area contributed by atoms with E-state index in [0.29, 0.717) is 5.02 Å². The predicted octanol–water partition coefficient (Wildman–Crippen LogP) is 4.88. The SMILES string of the molecule is Nc1ccc(-c2ccc(Cl)c3ccccc23)cc1F. The molecule has 0 aliphatic carbocycles. The van der Waals surface area contributed by atoms with E-state index in [4.69, 9.17) is 17.3 Å². The highest BCUT2D eigenvalue weighted by Crippen LogP contribution is 2.33. The summed E-state index contributed by atoms with van der Waals surface area (Å²) in [5.74, 6) is -0.406. The fraction of sp³-hybridized carbons (Fsp3) is 0. The Hall–Kier alpha value is -2.06. The second-order valence-electron chi connectivity index (χ2n) is 4.38. The number of halogens is 2. The molecule has 0 bridgehead atoms. The van der Waals surface area contributed by atoms with E-state index in [2.05, 4.69) is 0 Å². The van der Waals surface area contributed by atoms with Gasteiger partial charge in [-0.2, -0.15) is 0 Å². The summed E-state index contributed by atoms with van der Waals surface area (Å²) in [6.07, 6.45) is 0. The van der Waals surface area contributed by atoms with Gasteiger partial charge >= 0.3 is 0 Å². The second kappa shape index (κ2) is 4.56. The molecule has 3 aromatic rings. The third kappa shape index (κ3) is 2.04. The van der Waals surface area contributed by atoms with Crippen LogP contribution in [0.1, 0.15) is 0 Å². The smallest absolute Gasteiger partial charge is 0.146 e. The standard InChI is InChI=1S/C16H11ClFN/c17-14-7-6-11(12-3-1-2-4-13(12)14)10-5-8-16(19)15(18)9-10/h1-9H,19H2. The molecule has 0 amide bonds. The maximum absolute atomic E-state index is 13.6. The van der Waals surface area contributed by atoms with Crippen molar-refractivity contribution in [3.05, 3.63) is 65.4 Å². The van der Waals surface area contributed by atoms with Crippen molar-refractivity contribution < 1.29 is 4.39 Å². The molecule has 0 radical (unpaired) electrons. The molecule has 19 heavy (non-hydrogen) atoms. The lowest BCUT2D eigenvalue weighted by atomic mass is 9.98. The Morgan fingerprint density at radius 2 is 1.63 bits per heavy atom. The van der Waals surface area contributed by atoms with Crippen LogP contribution in [0, 0.1) is 5.82 Å². The number of nitrogens with two attached hydrogens (primary N) is 1. The molecule has 0 spiro atoms. The number of rotatable bonds is 1. The highest BCUT2D eigenvalue weighted by atomic mass is 35.5.